The van der Waals surface area contributed by atoms with Gasteiger partial charge < -0.3 is 4.42 Å². The summed E-state index contributed by atoms with van der Waals surface area (Å²) in [5.41, 5.74) is 4.21. The van der Waals surface area contributed by atoms with Crippen LogP contribution in [0.3, 0.4) is 0 Å². The van der Waals surface area contributed by atoms with E-state index in [1.807, 2.05) is 18.2 Å². The number of nitrogens with zero attached hydrogens (tertiary/aromatic N) is 1. The molecule has 2 aliphatic rings. The highest BCUT2D eigenvalue weighted by atomic mass is 16.6. The van der Waals surface area contributed by atoms with Crippen molar-refractivity contribution in [1.82, 2.24) is 0 Å². The summed E-state index contributed by atoms with van der Waals surface area (Å²) >= 11 is 0. The predicted octanol–water partition coefficient (Wildman–Crippen LogP) is 3.96. The molecule has 3 rings (SSSR count). The first-order chi connectivity index (χ1) is 8.75. The molecule has 0 amide bonds. The Morgan fingerprint density at radius 1 is 0.889 bits per heavy atom. The Labute approximate surface area is 103 Å². The highest BCUT2D eigenvalue weighted by molar-refractivity contribution is 5.86. The summed E-state index contributed by atoms with van der Waals surface area (Å²) < 4.78 is 5.10. The van der Waals surface area contributed by atoms with E-state index in [1.54, 1.807) is 24.7 Å². The molecule has 0 saturated heterocycles. The minimum absolute atomic E-state index is 0.101. The maximum absolute atomic E-state index is 10.6. The lowest BCUT2D eigenvalue weighted by atomic mass is 10.0. The van der Waals surface area contributed by atoms with Gasteiger partial charge in [-0.1, -0.05) is 12.1 Å². The predicted molar refractivity (Wildman–Crippen MR) is 67.4 cm³/mol. The quantitative estimate of drug-likeness (QED) is 0.502. The highest BCUT2D eigenvalue weighted by Crippen LogP contribution is 2.35. The van der Waals surface area contributed by atoms with Gasteiger partial charge in [-0.2, -0.15) is 0 Å². The summed E-state index contributed by atoms with van der Waals surface area (Å²) in [7, 11) is 0. The molecule has 1 heterocycles. The third kappa shape index (κ3) is 1.64. The summed E-state index contributed by atoms with van der Waals surface area (Å²) in [6.07, 6.45) is 3.31. The first-order valence-corrected chi connectivity index (χ1v) is 5.45. The molecular formula is C14H9NO3. The number of rotatable bonds is 2. The third-order valence-electron chi connectivity index (χ3n) is 2.93. The van der Waals surface area contributed by atoms with Crippen molar-refractivity contribution in [2.45, 2.75) is 0 Å². The van der Waals surface area contributed by atoms with Crippen molar-refractivity contribution in [3.63, 3.8) is 0 Å². The van der Waals surface area contributed by atoms with E-state index < -0.39 is 4.92 Å². The molecule has 0 fully saturated rings. The van der Waals surface area contributed by atoms with Gasteiger partial charge in [-0.05, 0) is 34.9 Å². The van der Waals surface area contributed by atoms with Crippen molar-refractivity contribution in [1.29, 1.82) is 0 Å². The average molecular weight is 239 g/mol. The summed E-state index contributed by atoms with van der Waals surface area (Å²) in [5.74, 6) is 0. The number of nitro benzene ring substituents is 1. The number of hydrogen-bond acceptors (Lipinski definition) is 3. The highest BCUT2D eigenvalue weighted by Gasteiger charge is 2.12. The summed E-state index contributed by atoms with van der Waals surface area (Å²) in [6.45, 7) is 0. The van der Waals surface area contributed by atoms with E-state index in [1.165, 1.54) is 12.1 Å². The number of benzene rings is 1. The van der Waals surface area contributed by atoms with Crippen LogP contribution in [0.4, 0.5) is 5.69 Å². The molecule has 0 radical (unpaired) electrons. The molecule has 0 spiro atoms. The first kappa shape index (κ1) is 10.5. The lowest BCUT2D eigenvalue weighted by molar-refractivity contribution is -0.384. The standard InChI is InChI=1S/C14H9NO3/c16-15(17)12-4-1-10(2-5-12)13-6-3-11-9-18-8-7-14(11)13/h1-9H. The fraction of sp³-hybridized carbons (Fsp3) is 0. The van der Waals surface area contributed by atoms with E-state index in [4.69, 9.17) is 4.42 Å². The third-order valence-corrected chi connectivity index (χ3v) is 2.93. The summed E-state index contributed by atoms with van der Waals surface area (Å²) in [5, 5.41) is 10.6. The Morgan fingerprint density at radius 3 is 2.28 bits per heavy atom. The molecule has 0 unspecified atom stereocenters. The van der Waals surface area contributed by atoms with E-state index in [-0.39, 0.29) is 5.69 Å². The number of nitro groups is 1. The van der Waals surface area contributed by atoms with Crippen molar-refractivity contribution in [3.8, 4) is 22.3 Å². The monoisotopic (exact) mass is 239 g/mol. The molecule has 0 aromatic heterocycles. The molecule has 88 valence electrons. The van der Waals surface area contributed by atoms with Gasteiger partial charge in [0, 0.05) is 17.7 Å². The molecule has 1 aliphatic heterocycles. The maximum atomic E-state index is 10.6. The fourth-order valence-corrected chi connectivity index (χ4v) is 2.03. The topological polar surface area (TPSA) is 56.3 Å². The van der Waals surface area contributed by atoms with Gasteiger partial charge in [0.1, 0.15) is 0 Å². The lowest BCUT2D eigenvalue weighted by Gasteiger charge is -2.03. The van der Waals surface area contributed by atoms with Gasteiger partial charge in [0.05, 0.1) is 17.4 Å². The van der Waals surface area contributed by atoms with Crippen LogP contribution in [0.5, 0.6) is 0 Å². The van der Waals surface area contributed by atoms with Crippen LogP contribution in [0.1, 0.15) is 0 Å². The minimum Gasteiger partial charge on any atom is -0.472 e. The van der Waals surface area contributed by atoms with Crippen LogP contribution in [0.25, 0.3) is 22.3 Å². The van der Waals surface area contributed by atoms with E-state index in [2.05, 4.69) is 0 Å². The van der Waals surface area contributed by atoms with E-state index in [9.17, 15) is 10.1 Å². The molecule has 18 heavy (non-hydrogen) atoms. The van der Waals surface area contributed by atoms with Crippen LogP contribution >= 0.6 is 0 Å². The van der Waals surface area contributed by atoms with Crippen LogP contribution in [0, 0.1) is 10.1 Å². The largest absolute Gasteiger partial charge is 0.472 e. The van der Waals surface area contributed by atoms with Gasteiger partial charge in [0.2, 0.25) is 0 Å². The van der Waals surface area contributed by atoms with E-state index in [0.29, 0.717) is 0 Å². The average Bonchev–Trinajstić information content (AvgIpc) is 2.82. The molecule has 1 aromatic carbocycles. The molecule has 1 aliphatic carbocycles. The lowest BCUT2D eigenvalue weighted by Crippen LogP contribution is -1.87. The maximum Gasteiger partial charge on any atom is 0.269 e. The second-order valence-corrected chi connectivity index (χ2v) is 3.98. The van der Waals surface area contributed by atoms with Crippen LogP contribution in [-0.2, 0) is 0 Å². The molecule has 0 saturated carbocycles. The second-order valence-electron chi connectivity index (χ2n) is 3.98. The number of non-ortho nitro benzene ring substituents is 1. The van der Waals surface area contributed by atoms with Crippen molar-refractivity contribution in [3.05, 3.63) is 65.1 Å². The van der Waals surface area contributed by atoms with Gasteiger partial charge in [-0.25, -0.2) is 0 Å². The Hall–Kier alpha value is -2.62. The fourth-order valence-electron chi connectivity index (χ4n) is 2.03. The van der Waals surface area contributed by atoms with Crippen LogP contribution < -0.4 is 0 Å². The van der Waals surface area contributed by atoms with Crippen LogP contribution in [0.2, 0.25) is 0 Å². The van der Waals surface area contributed by atoms with Crippen molar-refractivity contribution >= 4 is 5.69 Å². The second kappa shape index (κ2) is 4.00. The van der Waals surface area contributed by atoms with Crippen molar-refractivity contribution in [2.75, 3.05) is 0 Å². The minimum atomic E-state index is -0.397. The zero-order chi connectivity index (χ0) is 12.5. The normalized spacial score (nSPS) is 10.7. The van der Waals surface area contributed by atoms with Gasteiger partial charge >= 0.3 is 0 Å². The Kier molecular flexibility index (Phi) is 2.34. The van der Waals surface area contributed by atoms with Gasteiger partial charge in [0.15, 0.2) is 0 Å². The molecule has 4 heteroatoms. The first-order valence-electron chi connectivity index (χ1n) is 5.45. The Balaban J connectivity index is 2.07. The smallest absolute Gasteiger partial charge is 0.269 e. The van der Waals surface area contributed by atoms with Gasteiger partial charge in [-0.15, -0.1) is 0 Å². The zero-order valence-electron chi connectivity index (χ0n) is 9.37. The molecule has 4 nitrogen and oxygen atoms in total. The van der Waals surface area contributed by atoms with Crippen LogP contribution in [0.15, 0.2) is 59.4 Å². The number of hydrogen-bond donors (Lipinski definition) is 0. The molecule has 0 N–H and O–H groups in total. The van der Waals surface area contributed by atoms with Crippen molar-refractivity contribution in [2.24, 2.45) is 0 Å². The Bertz CT molecular complexity index is 670. The molecular weight excluding hydrogens is 230 g/mol. The van der Waals surface area contributed by atoms with Crippen LogP contribution in [-0.4, -0.2) is 4.92 Å². The zero-order valence-corrected chi connectivity index (χ0v) is 9.37. The van der Waals surface area contributed by atoms with E-state index in [0.717, 1.165) is 22.3 Å². The summed E-state index contributed by atoms with van der Waals surface area (Å²) in [4.78, 5) is 10.2. The molecule has 1 aromatic rings. The van der Waals surface area contributed by atoms with Crippen molar-refractivity contribution < 1.29 is 9.34 Å². The SMILES string of the molecule is O=[N+]([O-])c1ccc(-c2ccc3coccc2-3)cc1. The van der Waals surface area contributed by atoms with E-state index >= 15 is 0 Å². The Morgan fingerprint density at radius 2 is 1.56 bits per heavy atom. The van der Waals surface area contributed by atoms with Gasteiger partial charge in [-0.3, -0.25) is 10.1 Å². The van der Waals surface area contributed by atoms with Gasteiger partial charge in [0.25, 0.3) is 5.69 Å². The molecule has 0 bridgehead atoms. The summed E-state index contributed by atoms with van der Waals surface area (Å²) in [6, 6.07) is 12.4. The molecule has 0 atom stereocenters. The number of fused-ring (bicyclic) bond motifs is 1.